The van der Waals surface area contributed by atoms with Crippen molar-refractivity contribution in [1.29, 1.82) is 0 Å². The van der Waals surface area contributed by atoms with Crippen LogP contribution in [-0.4, -0.2) is 21.8 Å². The zero-order valence-corrected chi connectivity index (χ0v) is 12.0. The first-order chi connectivity index (χ1) is 9.03. The third kappa shape index (κ3) is 3.23. The normalized spacial score (nSPS) is 13.1. The van der Waals surface area contributed by atoms with Crippen LogP contribution in [0.25, 0.3) is 10.9 Å². The molecule has 2 rings (SSSR count). The van der Waals surface area contributed by atoms with Crippen LogP contribution in [0.2, 0.25) is 0 Å². The highest BCUT2D eigenvalue weighted by atomic mass is 32.2. The van der Waals surface area contributed by atoms with Gasteiger partial charge < -0.3 is 15.9 Å². The van der Waals surface area contributed by atoms with Gasteiger partial charge in [0.15, 0.2) is 0 Å². The lowest BCUT2D eigenvalue weighted by molar-refractivity contribution is 0.307. The fraction of sp³-hybridized carbons (Fsp3) is 0.357. The molecule has 0 aliphatic heterocycles. The average Bonchev–Trinajstić information content (AvgIpc) is 2.80. The summed E-state index contributed by atoms with van der Waals surface area (Å²) in [5.74, 6) is 1.19. The van der Waals surface area contributed by atoms with Gasteiger partial charge in [-0.15, -0.1) is 11.8 Å². The Bertz CT molecular complexity index is 556. The second-order valence-corrected chi connectivity index (χ2v) is 6.33. The highest BCUT2D eigenvalue weighted by Crippen LogP contribution is 2.28. The summed E-state index contributed by atoms with van der Waals surface area (Å²) in [6, 6.07) is 10.4. The Labute approximate surface area is 117 Å². The van der Waals surface area contributed by atoms with Crippen molar-refractivity contribution >= 4 is 28.5 Å². The minimum absolute atomic E-state index is 0.282. The van der Waals surface area contributed by atoms with Gasteiger partial charge in [-0.05, 0) is 18.6 Å². The van der Waals surface area contributed by atoms with Crippen molar-refractivity contribution in [2.24, 2.45) is 16.3 Å². The Balaban J connectivity index is 1.96. The van der Waals surface area contributed by atoms with Gasteiger partial charge in [0.2, 0.25) is 0 Å². The number of aromatic nitrogens is 1. The molecule has 1 aromatic heterocycles. The second-order valence-electron chi connectivity index (χ2n) is 5.19. The van der Waals surface area contributed by atoms with Gasteiger partial charge in [-0.1, -0.05) is 37.2 Å². The smallest absolute Gasteiger partial charge is 0.144 e. The number of nitrogens with one attached hydrogen (secondary N) is 1. The quantitative estimate of drug-likeness (QED) is 0.258. The zero-order chi connectivity index (χ0) is 13.9. The predicted molar refractivity (Wildman–Crippen MR) is 80.8 cm³/mol. The number of para-hydroxylation sites is 1. The highest BCUT2D eigenvalue weighted by molar-refractivity contribution is 7.99. The number of amidine groups is 1. The van der Waals surface area contributed by atoms with E-state index in [1.807, 2.05) is 26.0 Å². The van der Waals surface area contributed by atoms with E-state index in [2.05, 4.69) is 28.3 Å². The van der Waals surface area contributed by atoms with Crippen LogP contribution in [0.1, 0.15) is 20.3 Å². The van der Waals surface area contributed by atoms with Crippen molar-refractivity contribution in [3.8, 4) is 0 Å². The lowest BCUT2D eigenvalue weighted by Crippen LogP contribution is -2.32. The number of fused-ring (bicyclic) bond motifs is 1. The highest BCUT2D eigenvalue weighted by Gasteiger charge is 2.23. The maximum absolute atomic E-state index is 8.73. The third-order valence-electron chi connectivity index (χ3n) is 3.29. The van der Waals surface area contributed by atoms with Crippen LogP contribution in [0.15, 0.2) is 40.5 Å². The number of nitrogens with two attached hydrogens (primary N) is 1. The van der Waals surface area contributed by atoms with Gasteiger partial charge in [0.1, 0.15) is 5.84 Å². The van der Waals surface area contributed by atoms with Crippen LogP contribution in [0.3, 0.4) is 0 Å². The molecule has 0 saturated heterocycles. The summed E-state index contributed by atoms with van der Waals surface area (Å²) in [6.07, 6.45) is 0.850. The summed E-state index contributed by atoms with van der Waals surface area (Å²) < 4.78 is 0. The second kappa shape index (κ2) is 5.57. The summed E-state index contributed by atoms with van der Waals surface area (Å²) in [6.45, 7) is 3.96. The Hall–Kier alpha value is -1.62. The lowest BCUT2D eigenvalue weighted by Gasteiger charge is -2.22. The van der Waals surface area contributed by atoms with Gasteiger partial charge in [0.25, 0.3) is 0 Å². The average molecular weight is 277 g/mol. The summed E-state index contributed by atoms with van der Waals surface area (Å²) in [5, 5.41) is 14.2. The molecule has 0 fully saturated rings. The van der Waals surface area contributed by atoms with Gasteiger partial charge >= 0.3 is 0 Å². The molecule has 2 aromatic rings. The number of benzene rings is 1. The number of thioether (sulfide) groups is 1. The summed E-state index contributed by atoms with van der Waals surface area (Å²) in [7, 11) is 0. The maximum Gasteiger partial charge on any atom is 0.144 e. The third-order valence-corrected chi connectivity index (χ3v) is 4.23. The van der Waals surface area contributed by atoms with Crippen LogP contribution >= 0.6 is 11.8 Å². The SMILES string of the molecule is CC(C)(CCSc1cc2ccccc2[nH]1)C(N)=NO. The summed E-state index contributed by atoms with van der Waals surface area (Å²) >= 11 is 1.75. The van der Waals surface area contributed by atoms with Crippen molar-refractivity contribution in [3.05, 3.63) is 30.3 Å². The van der Waals surface area contributed by atoms with E-state index >= 15 is 0 Å². The zero-order valence-electron chi connectivity index (χ0n) is 11.2. The molecule has 4 N–H and O–H groups in total. The molecule has 0 atom stereocenters. The van der Waals surface area contributed by atoms with Crippen molar-refractivity contribution in [2.45, 2.75) is 25.3 Å². The van der Waals surface area contributed by atoms with E-state index in [-0.39, 0.29) is 11.3 Å². The monoisotopic (exact) mass is 277 g/mol. The Kier molecular flexibility index (Phi) is 4.04. The summed E-state index contributed by atoms with van der Waals surface area (Å²) in [4.78, 5) is 3.38. The lowest BCUT2D eigenvalue weighted by atomic mass is 9.89. The molecular formula is C14H19N3OS. The van der Waals surface area contributed by atoms with Gasteiger partial charge in [-0.3, -0.25) is 0 Å². The first-order valence-electron chi connectivity index (χ1n) is 6.21. The Morgan fingerprint density at radius 3 is 2.84 bits per heavy atom. The minimum Gasteiger partial charge on any atom is -0.409 e. The van der Waals surface area contributed by atoms with E-state index in [1.54, 1.807) is 11.8 Å². The number of aromatic amines is 1. The largest absolute Gasteiger partial charge is 0.409 e. The Morgan fingerprint density at radius 2 is 2.16 bits per heavy atom. The van der Waals surface area contributed by atoms with Gasteiger partial charge in [-0.25, -0.2) is 0 Å². The van der Waals surface area contributed by atoms with E-state index in [9.17, 15) is 0 Å². The van der Waals surface area contributed by atoms with Crippen molar-refractivity contribution in [1.82, 2.24) is 4.98 Å². The van der Waals surface area contributed by atoms with Gasteiger partial charge in [-0.2, -0.15) is 0 Å². The molecule has 102 valence electrons. The molecule has 0 unspecified atom stereocenters. The van der Waals surface area contributed by atoms with E-state index < -0.39 is 0 Å². The minimum atomic E-state index is -0.284. The van der Waals surface area contributed by atoms with Crippen molar-refractivity contribution in [2.75, 3.05) is 5.75 Å². The molecule has 0 aliphatic carbocycles. The Morgan fingerprint density at radius 1 is 1.42 bits per heavy atom. The first kappa shape index (κ1) is 13.8. The number of rotatable bonds is 5. The number of hydrogen-bond acceptors (Lipinski definition) is 3. The van der Waals surface area contributed by atoms with Crippen LogP contribution in [-0.2, 0) is 0 Å². The molecule has 1 aromatic carbocycles. The number of oxime groups is 1. The van der Waals surface area contributed by atoms with E-state index in [4.69, 9.17) is 10.9 Å². The molecule has 1 heterocycles. The van der Waals surface area contributed by atoms with Crippen LogP contribution in [0, 0.1) is 5.41 Å². The number of hydrogen-bond donors (Lipinski definition) is 3. The van der Waals surface area contributed by atoms with Crippen LogP contribution in [0.5, 0.6) is 0 Å². The molecule has 0 saturated carbocycles. The standard InChI is InChI=1S/C14H19N3OS/c1-14(2,13(15)17-18)7-8-19-12-9-10-5-3-4-6-11(10)16-12/h3-6,9,16,18H,7-8H2,1-2H3,(H2,15,17). The molecular weight excluding hydrogens is 258 g/mol. The summed E-state index contributed by atoms with van der Waals surface area (Å²) in [5.41, 5.74) is 6.54. The molecule has 0 spiro atoms. The molecule has 0 amide bonds. The van der Waals surface area contributed by atoms with E-state index in [0.29, 0.717) is 0 Å². The number of H-pyrrole nitrogens is 1. The molecule has 0 aliphatic rings. The first-order valence-corrected chi connectivity index (χ1v) is 7.20. The molecule has 4 nitrogen and oxygen atoms in total. The molecule has 0 radical (unpaired) electrons. The topological polar surface area (TPSA) is 74.4 Å². The van der Waals surface area contributed by atoms with E-state index in [0.717, 1.165) is 22.7 Å². The molecule has 0 bridgehead atoms. The fourth-order valence-corrected chi connectivity index (χ4v) is 3.03. The molecule has 5 heteroatoms. The van der Waals surface area contributed by atoms with Crippen LogP contribution < -0.4 is 5.73 Å². The van der Waals surface area contributed by atoms with Crippen molar-refractivity contribution in [3.63, 3.8) is 0 Å². The number of nitrogens with zero attached hydrogens (tertiary/aromatic N) is 1. The predicted octanol–water partition coefficient (Wildman–Crippen LogP) is 3.42. The fourth-order valence-electron chi connectivity index (χ4n) is 1.80. The van der Waals surface area contributed by atoms with E-state index in [1.165, 1.54) is 5.39 Å². The van der Waals surface area contributed by atoms with Gasteiger partial charge in [0.05, 0.1) is 5.03 Å². The van der Waals surface area contributed by atoms with Gasteiger partial charge in [0, 0.05) is 22.1 Å². The molecule has 19 heavy (non-hydrogen) atoms. The van der Waals surface area contributed by atoms with Crippen molar-refractivity contribution < 1.29 is 5.21 Å². The van der Waals surface area contributed by atoms with Crippen LogP contribution in [0.4, 0.5) is 0 Å². The maximum atomic E-state index is 8.73.